The smallest absolute Gasteiger partial charge is 0.271 e. The number of nitrogens with two attached hydrogens (primary N) is 1. The summed E-state index contributed by atoms with van der Waals surface area (Å²) in [6, 6.07) is 1.97. The minimum atomic E-state index is 0.250. The van der Waals surface area contributed by atoms with Crippen LogP contribution in [0, 0.1) is 13.8 Å². The molecule has 0 saturated heterocycles. The summed E-state index contributed by atoms with van der Waals surface area (Å²) >= 11 is 1.57. The number of nitrogens with zero attached hydrogens (tertiary/aromatic N) is 5. The molecule has 0 amide bonds. The highest BCUT2D eigenvalue weighted by atomic mass is 32.2. The van der Waals surface area contributed by atoms with Gasteiger partial charge in [-0.1, -0.05) is 18.2 Å². The number of thioether (sulfide) groups is 1. The monoisotopic (exact) mass is 296 g/mol. The largest absolute Gasteiger partial charge is 0.396 e. The lowest BCUT2D eigenvalue weighted by Crippen LogP contribution is -2.17. The number of unbranched alkanes of at least 4 members (excludes halogenated alkanes) is 2. The molecule has 0 aliphatic rings. The van der Waals surface area contributed by atoms with Gasteiger partial charge in [0.1, 0.15) is 0 Å². The Kier molecular flexibility index (Phi) is 5.02. The van der Waals surface area contributed by atoms with Gasteiger partial charge < -0.3 is 10.9 Å². The van der Waals surface area contributed by atoms with Crippen LogP contribution in [-0.2, 0) is 0 Å². The standard InChI is InChI=1S/C12H20N6OS/c1-9-8-10(2)18(16-9)11-14-15-12(17(11)13)20-7-5-3-4-6-19/h8,19H,3-7,13H2,1-2H3. The van der Waals surface area contributed by atoms with Gasteiger partial charge in [-0.15, -0.1) is 10.2 Å². The van der Waals surface area contributed by atoms with Gasteiger partial charge in [-0.25, -0.2) is 9.36 Å². The molecule has 0 aliphatic heterocycles. The number of rotatable bonds is 7. The molecule has 0 unspecified atom stereocenters. The van der Waals surface area contributed by atoms with Crippen LogP contribution in [0.1, 0.15) is 30.7 Å². The van der Waals surface area contributed by atoms with Crippen molar-refractivity contribution in [2.75, 3.05) is 18.2 Å². The van der Waals surface area contributed by atoms with E-state index in [1.54, 1.807) is 16.4 Å². The summed E-state index contributed by atoms with van der Waals surface area (Å²) in [7, 11) is 0. The van der Waals surface area contributed by atoms with Crippen molar-refractivity contribution >= 4 is 11.8 Å². The number of aliphatic hydroxyl groups is 1. The Morgan fingerprint density at radius 2 is 2.05 bits per heavy atom. The van der Waals surface area contributed by atoms with Crippen LogP contribution < -0.4 is 5.84 Å². The van der Waals surface area contributed by atoms with Crippen molar-refractivity contribution in [3.8, 4) is 5.95 Å². The zero-order valence-electron chi connectivity index (χ0n) is 11.8. The van der Waals surface area contributed by atoms with E-state index in [2.05, 4.69) is 15.3 Å². The second-order valence-electron chi connectivity index (χ2n) is 4.62. The third-order valence-corrected chi connectivity index (χ3v) is 3.91. The molecule has 20 heavy (non-hydrogen) atoms. The van der Waals surface area contributed by atoms with Crippen molar-refractivity contribution in [1.82, 2.24) is 24.7 Å². The van der Waals surface area contributed by atoms with Crippen molar-refractivity contribution in [2.24, 2.45) is 0 Å². The molecule has 8 heteroatoms. The maximum absolute atomic E-state index is 8.72. The predicted molar refractivity (Wildman–Crippen MR) is 78.4 cm³/mol. The molecule has 0 aliphatic carbocycles. The average molecular weight is 296 g/mol. The molecular formula is C12H20N6OS. The predicted octanol–water partition coefficient (Wildman–Crippen LogP) is 1.05. The lowest BCUT2D eigenvalue weighted by Gasteiger charge is -2.04. The van der Waals surface area contributed by atoms with Crippen molar-refractivity contribution in [3.63, 3.8) is 0 Å². The molecule has 0 fully saturated rings. The first-order valence-corrected chi connectivity index (χ1v) is 7.60. The van der Waals surface area contributed by atoms with Crippen LogP contribution in [0.3, 0.4) is 0 Å². The fourth-order valence-corrected chi connectivity index (χ4v) is 2.75. The Labute approximate surface area is 122 Å². The van der Waals surface area contributed by atoms with Crippen LogP contribution in [0.15, 0.2) is 11.2 Å². The van der Waals surface area contributed by atoms with Gasteiger partial charge in [-0.3, -0.25) is 0 Å². The van der Waals surface area contributed by atoms with Crippen LogP contribution >= 0.6 is 11.8 Å². The Balaban J connectivity index is 2.02. The summed E-state index contributed by atoms with van der Waals surface area (Å²) < 4.78 is 3.16. The second-order valence-corrected chi connectivity index (χ2v) is 5.69. The molecule has 0 spiro atoms. The highest BCUT2D eigenvalue weighted by Gasteiger charge is 2.14. The number of aryl methyl sites for hydroxylation is 2. The lowest BCUT2D eigenvalue weighted by molar-refractivity contribution is 0.284. The first-order valence-electron chi connectivity index (χ1n) is 6.61. The molecule has 0 atom stereocenters. The summed E-state index contributed by atoms with van der Waals surface area (Å²) in [5.41, 5.74) is 1.89. The number of hydrogen-bond acceptors (Lipinski definition) is 6. The maximum atomic E-state index is 8.72. The van der Waals surface area contributed by atoms with Crippen molar-refractivity contribution in [1.29, 1.82) is 0 Å². The third kappa shape index (κ3) is 3.31. The summed E-state index contributed by atoms with van der Waals surface area (Å²) in [4.78, 5) is 0. The SMILES string of the molecule is Cc1cc(C)n(-c2nnc(SCCCCCO)n2N)n1. The summed E-state index contributed by atoms with van der Waals surface area (Å²) in [5.74, 6) is 7.46. The second kappa shape index (κ2) is 6.76. The topological polar surface area (TPSA) is 94.8 Å². The first kappa shape index (κ1) is 14.9. The van der Waals surface area contributed by atoms with Crippen LogP contribution in [-0.4, -0.2) is 42.1 Å². The van der Waals surface area contributed by atoms with E-state index in [1.807, 2.05) is 19.9 Å². The zero-order valence-corrected chi connectivity index (χ0v) is 12.6. The Bertz CT molecular complexity index is 564. The molecular weight excluding hydrogens is 276 g/mol. The van der Waals surface area contributed by atoms with Gasteiger partial charge in [0.05, 0.1) is 5.69 Å². The van der Waals surface area contributed by atoms with Crippen LogP contribution in [0.25, 0.3) is 5.95 Å². The molecule has 0 saturated carbocycles. The van der Waals surface area contributed by atoms with Crippen LogP contribution in [0.4, 0.5) is 0 Å². The number of aliphatic hydroxyl groups excluding tert-OH is 1. The third-order valence-electron chi connectivity index (χ3n) is 2.88. The van der Waals surface area contributed by atoms with E-state index < -0.39 is 0 Å². The first-order chi connectivity index (χ1) is 9.63. The van der Waals surface area contributed by atoms with E-state index in [9.17, 15) is 0 Å². The van der Waals surface area contributed by atoms with Gasteiger partial charge in [-0.2, -0.15) is 5.10 Å². The molecule has 2 rings (SSSR count). The molecule has 110 valence electrons. The van der Waals surface area contributed by atoms with Crippen molar-refractivity contribution in [2.45, 2.75) is 38.3 Å². The van der Waals surface area contributed by atoms with E-state index >= 15 is 0 Å². The fourth-order valence-electron chi connectivity index (χ4n) is 1.90. The fraction of sp³-hybridized carbons (Fsp3) is 0.583. The van der Waals surface area contributed by atoms with Gasteiger partial charge in [-0.05, 0) is 32.8 Å². The molecule has 0 bridgehead atoms. The molecule has 7 nitrogen and oxygen atoms in total. The minimum Gasteiger partial charge on any atom is -0.396 e. The Morgan fingerprint density at radius 3 is 2.70 bits per heavy atom. The van der Waals surface area contributed by atoms with Gasteiger partial charge in [0, 0.05) is 18.1 Å². The molecule has 0 radical (unpaired) electrons. The van der Waals surface area contributed by atoms with Gasteiger partial charge in [0.2, 0.25) is 5.16 Å². The van der Waals surface area contributed by atoms with E-state index in [0.29, 0.717) is 11.1 Å². The minimum absolute atomic E-state index is 0.250. The van der Waals surface area contributed by atoms with Crippen molar-refractivity contribution < 1.29 is 5.11 Å². The highest BCUT2D eigenvalue weighted by Crippen LogP contribution is 2.18. The van der Waals surface area contributed by atoms with E-state index in [1.165, 1.54) is 4.68 Å². The maximum Gasteiger partial charge on any atom is 0.271 e. The molecule has 3 N–H and O–H groups in total. The molecule has 0 aromatic carbocycles. The normalized spacial score (nSPS) is 11.2. The summed E-state index contributed by atoms with van der Waals surface area (Å²) in [6.07, 6.45) is 2.87. The number of hydrogen-bond donors (Lipinski definition) is 2. The van der Waals surface area contributed by atoms with Gasteiger partial charge in [0.25, 0.3) is 5.95 Å². The summed E-state index contributed by atoms with van der Waals surface area (Å²) in [5, 5.41) is 22.0. The lowest BCUT2D eigenvalue weighted by atomic mass is 10.3. The Morgan fingerprint density at radius 1 is 1.25 bits per heavy atom. The molecule has 2 aromatic rings. The quantitative estimate of drug-likeness (QED) is 0.450. The Hall–Kier alpha value is -1.54. The number of nitrogen functional groups attached to an aromatic ring is 1. The molecule has 2 aromatic heterocycles. The van der Waals surface area contributed by atoms with E-state index in [4.69, 9.17) is 10.9 Å². The highest BCUT2D eigenvalue weighted by molar-refractivity contribution is 7.99. The van der Waals surface area contributed by atoms with Gasteiger partial charge >= 0.3 is 0 Å². The van der Waals surface area contributed by atoms with E-state index in [0.717, 1.165) is 36.4 Å². The molecule has 2 heterocycles. The van der Waals surface area contributed by atoms with Crippen LogP contribution in [0.5, 0.6) is 0 Å². The van der Waals surface area contributed by atoms with E-state index in [-0.39, 0.29) is 6.61 Å². The summed E-state index contributed by atoms with van der Waals surface area (Å²) in [6.45, 7) is 4.13. The van der Waals surface area contributed by atoms with Gasteiger partial charge in [0.15, 0.2) is 0 Å². The average Bonchev–Trinajstić information content (AvgIpc) is 2.92. The number of aromatic nitrogens is 5. The zero-order chi connectivity index (χ0) is 14.5. The van der Waals surface area contributed by atoms with Crippen molar-refractivity contribution in [3.05, 3.63) is 17.5 Å². The van der Waals surface area contributed by atoms with Crippen LogP contribution in [0.2, 0.25) is 0 Å².